The van der Waals surface area contributed by atoms with E-state index in [1.807, 2.05) is 13.8 Å². The van der Waals surface area contributed by atoms with Gasteiger partial charge >= 0.3 is 5.97 Å². The number of carboxylic acid groups (broad SMARTS) is 1. The molecule has 0 aliphatic carbocycles. The molecule has 0 atom stereocenters. The van der Waals surface area contributed by atoms with Crippen molar-refractivity contribution in [2.45, 2.75) is 13.8 Å². The average molecular weight is 333 g/mol. The first-order chi connectivity index (χ1) is 9.10. The van der Waals surface area contributed by atoms with Crippen LogP contribution in [0, 0.1) is 0 Å². The molecule has 0 aliphatic heterocycles. The molecule has 0 fully saturated rings. The van der Waals surface area contributed by atoms with E-state index in [2.05, 4.69) is 15.9 Å². The molecule has 1 aromatic rings. The van der Waals surface area contributed by atoms with Gasteiger partial charge in [0.15, 0.2) is 11.5 Å². The third-order valence-electron chi connectivity index (χ3n) is 2.23. The second-order valence-electron chi connectivity index (χ2n) is 3.57. The molecule has 0 amide bonds. The van der Waals surface area contributed by atoms with E-state index in [1.54, 1.807) is 0 Å². The number of ether oxygens (including phenoxy) is 3. The minimum absolute atomic E-state index is 0.146. The van der Waals surface area contributed by atoms with Gasteiger partial charge in [-0.25, -0.2) is 4.79 Å². The van der Waals surface area contributed by atoms with E-state index in [0.29, 0.717) is 42.4 Å². The van der Waals surface area contributed by atoms with Crippen LogP contribution in [0.1, 0.15) is 24.2 Å². The standard InChI is InChI=1S/C13H17BrO5/c1-3-17-5-6-19-12-10(14)7-9(13(15)16)8-11(12)18-4-2/h7-8H,3-6H2,1-2H3,(H,15,16). The monoisotopic (exact) mass is 332 g/mol. The van der Waals surface area contributed by atoms with Gasteiger partial charge < -0.3 is 19.3 Å². The van der Waals surface area contributed by atoms with Crippen LogP contribution in [-0.4, -0.2) is 37.5 Å². The van der Waals surface area contributed by atoms with Crippen molar-refractivity contribution < 1.29 is 24.1 Å². The van der Waals surface area contributed by atoms with Crippen LogP contribution in [0.25, 0.3) is 0 Å². The van der Waals surface area contributed by atoms with Crippen molar-refractivity contribution in [3.05, 3.63) is 22.2 Å². The van der Waals surface area contributed by atoms with Crippen LogP contribution in [0.15, 0.2) is 16.6 Å². The molecule has 1 rings (SSSR count). The Bertz CT molecular complexity index is 433. The third-order valence-corrected chi connectivity index (χ3v) is 2.82. The molecule has 1 N–H and O–H groups in total. The summed E-state index contributed by atoms with van der Waals surface area (Å²) in [4.78, 5) is 11.0. The number of halogens is 1. The lowest BCUT2D eigenvalue weighted by molar-refractivity contribution is 0.0696. The molecule has 0 saturated heterocycles. The van der Waals surface area contributed by atoms with E-state index >= 15 is 0 Å². The van der Waals surface area contributed by atoms with Gasteiger partial charge in [0, 0.05) is 6.61 Å². The van der Waals surface area contributed by atoms with E-state index < -0.39 is 5.97 Å². The second-order valence-corrected chi connectivity index (χ2v) is 4.42. The van der Waals surface area contributed by atoms with E-state index in [4.69, 9.17) is 19.3 Å². The van der Waals surface area contributed by atoms with Gasteiger partial charge in [-0.05, 0) is 41.9 Å². The van der Waals surface area contributed by atoms with Gasteiger partial charge in [-0.15, -0.1) is 0 Å². The Morgan fingerprint density at radius 3 is 2.53 bits per heavy atom. The lowest BCUT2D eigenvalue weighted by Gasteiger charge is -2.14. The van der Waals surface area contributed by atoms with Gasteiger partial charge in [-0.1, -0.05) is 0 Å². The molecule has 0 aromatic heterocycles. The summed E-state index contributed by atoms with van der Waals surface area (Å²) >= 11 is 3.30. The molecular formula is C13H17BrO5. The Labute approximate surface area is 120 Å². The summed E-state index contributed by atoms with van der Waals surface area (Å²) < 4.78 is 16.7. The third kappa shape index (κ3) is 4.72. The Hall–Kier alpha value is -1.27. The summed E-state index contributed by atoms with van der Waals surface area (Å²) in [6.45, 7) is 5.63. The fraction of sp³-hybridized carbons (Fsp3) is 0.462. The topological polar surface area (TPSA) is 65.0 Å². The Balaban J connectivity index is 2.90. The molecule has 0 heterocycles. The average Bonchev–Trinajstić information content (AvgIpc) is 2.36. The number of carboxylic acids is 1. The van der Waals surface area contributed by atoms with Crippen LogP contribution >= 0.6 is 15.9 Å². The number of hydrogen-bond donors (Lipinski definition) is 1. The second kappa shape index (κ2) is 8.01. The maximum absolute atomic E-state index is 11.0. The first kappa shape index (κ1) is 15.8. The highest BCUT2D eigenvalue weighted by atomic mass is 79.9. The highest BCUT2D eigenvalue weighted by Crippen LogP contribution is 2.36. The lowest BCUT2D eigenvalue weighted by Crippen LogP contribution is -2.09. The first-order valence-electron chi connectivity index (χ1n) is 6.00. The SMILES string of the molecule is CCOCCOc1c(Br)cc(C(=O)O)cc1OCC. The Morgan fingerprint density at radius 1 is 1.21 bits per heavy atom. The number of hydrogen-bond acceptors (Lipinski definition) is 4. The van der Waals surface area contributed by atoms with Crippen LogP contribution in [0.2, 0.25) is 0 Å². The quantitative estimate of drug-likeness (QED) is 0.741. The van der Waals surface area contributed by atoms with Gasteiger partial charge in [0.2, 0.25) is 0 Å². The maximum Gasteiger partial charge on any atom is 0.335 e. The number of rotatable bonds is 8. The molecule has 0 aliphatic rings. The van der Waals surface area contributed by atoms with E-state index in [-0.39, 0.29) is 5.56 Å². The zero-order chi connectivity index (χ0) is 14.3. The summed E-state index contributed by atoms with van der Waals surface area (Å²) in [5, 5.41) is 9.00. The van der Waals surface area contributed by atoms with Crippen molar-refractivity contribution in [1.82, 2.24) is 0 Å². The molecule has 5 nitrogen and oxygen atoms in total. The first-order valence-corrected chi connectivity index (χ1v) is 6.79. The number of benzene rings is 1. The van der Waals surface area contributed by atoms with E-state index in [0.717, 1.165) is 0 Å². The predicted octanol–water partition coefficient (Wildman–Crippen LogP) is 2.96. The highest BCUT2D eigenvalue weighted by Gasteiger charge is 2.15. The van der Waals surface area contributed by atoms with Gasteiger partial charge in [0.1, 0.15) is 6.61 Å². The Kier molecular flexibility index (Phi) is 6.66. The molecule has 0 unspecified atom stereocenters. The minimum Gasteiger partial charge on any atom is -0.490 e. The summed E-state index contributed by atoms with van der Waals surface area (Å²) in [5.74, 6) is -0.111. The van der Waals surface area contributed by atoms with E-state index in [9.17, 15) is 4.79 Å². The minimum atomic E-state index is -1.01. The summed E-state index contributed by atoms with van der Waals surface area (Å²) in [6.07, 6.45) is 0. The van der Waals surface area contributed by atoms with Crippen LogP contribution in [0.3, 0.4) is 0 Å². The molecule has 0 saturated carbocycles. The number of aromatic carboxylic acids is 1. The molecule has 0 spiro atoms. The van der Waals surface area contributed by atoms with Gasteiger partial charge in [-0.2, -0.15) is 0 Å². The Morgan fingerprint density at radius 2 is 1.95 bits per heavy atom. The normalized spacial score (nSPS) is 10.3. The molecule has 19 heavy (non-hydrogen) atoms. The predicted molar refractivity (Wildman–Crippen MR) is 74.3 cm³/mol. The van der Waals surface area contributed by atoms with Crippen molar-refractivity contribution in [2.75, 3.05) is 26.4 Å². The summed E-state index contributed by atoms with van der Waals surface area (Å²) in [7, 11) is 0. The van der Waals surface area contributed by atoms with Crippen molar-refractivity contribution in [2.24, 2.45) is 0 Å². The zero-order valence-corrected chi connectivity index (χ0v) is 12.5. The van der Waals surface area contributed by atoms with Crippen molar-refractivity contribution in [3.63, 3.8) is 0 Å². The van der Waals surface area contributed by atoms with Gasteiger partial charge in [-0.3, -0.25) is 0 Å². The molecule has 6 heteroatoms. The number of carbonyl (C=O) groups is 1. The summed E-state index contributed by atoms with van der Waals surface area (Å²) in [5.41, 5.74) is 0.146. The van der Waals surface area contributed by atoms with Gasteiger partial charge in [0.25, 0.3) is 0 Å². The van der Waals surface area contributed by atoms with Crippen molar-refractivity contribution in [3.8, 4) is 11.5 Å². The molecule has 1 aromatic carbocycles. The fourth-order valence-electron chi connectivity index (χ4n) is 1.44. The zero-order valence-electron chi connectivity index (χ0n) is 10.9. The van der Waals surface area contributed by atoms with Crippen LogP contribution in [-0.2, 0) is 4.74 Å². The van der Waals surface area contributed by atoms with Crippen molar-refractivity contribution in [1.29, 1.82) is 0 Å². The maximum atomic E-state index is 11.0. The summed E-state index contributed by atoms with van der Waals surface area (Å²) in [6, 6.07) is 2.94. The lowest BCUT2D eigenvalue weighted by atomic mass is 10.2. The molecule has 0 bridgehead atoms. The van der Waals surface area contributed by atoms with Crippen LogP contribution in [0.4, 0.5) is 0 Å². The smallest absolute Gasteiger partial charge is 0.335 e. The largest absolute Gasteiger partial charge is 0.490 e. The molecular weight excluding hydrogens is 316 g/mol. The molecule has 106 valence electrons. The van der Waals surface area contributed by atoms with Gasteiger partial charge in [0.05, 0.1) is 23.2 Å². The highest BCUT2D eigenvalue weighted by molar-refractivity contribution is 9.10. The molecule has 0 radical (unpaired) electrons. The van der Waals surface area contributed by atoms with Crippen LogP contribution < -0.4 is 9.47 Å². The van der Waals surface area contributed by atoms with Crippen molar-refractivity contribution >= 4 is 21.9 Å². The van der Waals surface area contributed by atoms with Crippen LogP contribution in [0.5, 0.6) is 11.5 Å². The van der Waals surface area contributed by atoms with E-state index in [1.165, 1.54) is 12.1 Å². The fourth-order valence-corrected chi connectivity index (χ4v) is 2.00.